The molecule has 0 aromatic carbocycles. The van der Waals surface area contributed by atoms with E-state index in [2.05, 4.69) is 7.05 Å². The van der Waals surface area contributed by atoms with Crippen molar-refractivity contribution in [2.24, 2.45) is 0 Å². The lowest BCUT2D eigenvalue weighted by Gasteiger charge is -2.35. The molecule has 2 unspecified atom stereocenters. The van der Waals surface area contributed by atoms with E-state index >= 15 is 0 Å². The lowest BCUT2D eigenvalue weighted by atomic mass is 10.1. The van der Waals surface area contributed by atoms with Crippen LogP contribution in [-0.2, 0) is 20.0 Å². The van der Waals surface area contributed by atoms with Gasteiger partial charge in [0, 0.05) is 25.9 Å². The fourth-order valence-electron chi connectivity index (χ4n) is 2.55. The fraction of sp³-hybridized carbons (Fsp3) is 1.00. The summed E-state index contributed by atoms with van der Waals surface area (Å²) in [6.07, 6.45) is 3.33. The number of aliphatic hydroxyl groups is 2. The van der Waals surface area contributed by atoms with Gasteiger partial charge in [-0.05, 0) is 0 Å². The lowest BCUT2D eigenvalue weighted by Crippen LogP contribution is -2.50. The first kappa shape index (κ1) is 26.3. The van der Waals surface area contributed by atoms with Crippen LogP contribution < -0.4 is 4.13 Å². The standard InChI is InChI=1S/C9H20NO2.C2HF6NO4S2/c1-10(6-8-12)5-2-3-9(10)4-7-11;3-1(4,5)14(10,11)9-15(12,13)2(6,7)8/h9,11-12H,2-8H2,1H3;9H/q+1;. The highest BCUT2D eigenvalue weighted by molar-refractivity contribution is 8.05. The van der Waals surface area contributed by atoms with Gasteiger partial charge in [-0.1, -0.05) is 4.13 Å². The van der Waals surface area contributed by atoms with E-state index in [1.54, 1.807) is 0 Å². The van der Waals surface area contributed by atoms with Gasteiger partial charge in [-0.15, -0.1) is 0 Å². The average molecular weight is 455 g/mol. The zero-order chi connectivity index (χ0) is 21.7. The van der Waals surface area contributed by atoms with Gasteiger partial charge in [0.05, 0.1) is 26.2 Å². The predicted molar refractivity (Wildman–Crippen MR) is 80.8 cm³/mol. The molecule has 1 rings (SSSR count). The van der Waals surface area contributed by atoms with Crippen molar-refractivity contribution in [1.82, 2.24) is 4.13 Å². The fourth-order valence-corrected chi connectivity index (χ4v) is 4.46. The number of sulfonamides is 2. The summed E-state index contributed by atoms with van der Waals surface area (Å²) in [6.45, 7) is 2.54. The second-order valence-corrected chi connectivity index (χ2v) is 9.55. The van der Waals surface area contributed by atoms with Gasteiger partial charge >= 0.3 is 31.1 Å². The summed E-state index contributed by atoms with van der Waals surface area (Å²) in [4.78, 5) is 0. The summed E-state index contributed by atoms with van der Waals surface area (Å²) < 4.78 is 109. The van der Waals surface area contributed by atoms with E-state index in [1.165, 1.54) is 12.8 Å². The molecule has 0 spiro atoms. The molecule has 1 aliphatic heterocycles. The van der Waals surface area contributed by atoms with Crippen LogP contribution in [0.25, 0.3) is 0 Å². The van der Waals surface area contributed by atoms with Crippen LogP contribution in [0.15, 0.2) is 0 Å². The molecule has 8 nitrogen and oxygen atoms in total. The highest BCUT2D eigenvalue weighted by Gasteiger charge is 2.55. The summed E-state index contributed by atoms with van der Waals surface area (Å²) in [5.41, 5.74) is -12.3. The first-order valence-corrected chi connectivity index (χ1v) is 10.4. The first-order chi connectivity index (χ1) is 11.9. The van der Waals surface area contributed by atoms with Crippen LogP contribution in [0.5, 0.6) is 0 Å². The number of likely N-dealkylation sites (tertiary alicyclic amines) is 1. The Morgan fingerprint density at radius 2 is 1.41 bits per heavy atom. The van der Waals surface area contributed by atoms with Crippen LogP contribution in [0.4, 0.5) is 26.3 Å². The number of alkyl halides is 6. The monoisotopic (exact) mass is 455 g/mol. The Hall–Kier alpha value is -0.680. The molecule has 0 saturated carbocycles. The van der Waals surface area contributed by atoms with E-state index in [4.69, 9.17) is 10.2 Å². The van der Waals surface area contributed by atoms with Crippen LogP contribution in [0, 0.1) is 0 Å². The SMILES string of the molecule is C[N+]1(CCO)CCCC1CCO.O=S(=O)(NS(=O)(=O)C(F)(F)F)C(F)(F)F. The molecule has 1 aliphatic rings. The van der Waals surface area contributed by atoms with Crippen molar-refractivity contribution in [1.29, 1.82) is 0 Å². The van der Waals surface area contributed by atoms with Gasteiger partial charge < -0.3 is 14.7 Å². The maximum Gasteiger partial charge on any atom is 0.512 e. The molecule has 3 N–H and O–H groups in total. The summed E-state index contributed by atoms with van der Waals surface area (Å²) in [5.74, 6) is 0. The van der Waals surface area contributed by atoms with Gasteiger partial charge in [0.2, 0.25) is 0 Å². The molecular formula is C11H21F6N2O6S2+. The zero-order valence-electron chi connectivity index (χ0n) is 14.1. The number of hydrogen-bond donors (Lipinski definition) is 3. The van der Waals surface area contributed by atoms with E-state index in [0.717, 1.165) is 24.0 Å². The normalized spacial score (nSPS) is 24.4. The maximum atomic E-state index is 11.5. The molecule has 16 heteroatoms. The molecule has 2 atom stereocenters. The highest BCUT2D eigenvalue weighted by atomic mass is 32.3. The van der Waals surface area contributed by atoms with Gasteiger partial charge in [0.25, 0.3) is 0 Å². The molecular weight excluding hydrogens is 434 g/mol. The minimum atomic E-state index is -6.60. The van der Waals surface area contributed by atoms with Crippen molar-refractivity contribution in [2.75, 3.05) is 33.4 Å². The topological polar surface area (TPSA) is 121 Å². The Morgan fingerprint density at radius 1 is 0.963 bits per heavy atom. The van der Waals surface area contributed by atoms with Crippen molar-refractivity contribution >= 4 is 20.0 Å². The van der Waals surface area contributed by atoms with Crippen LogP contribution in [0.2, 0.25) is 0 Å². The predicted octanol–water partition coefficient (Wildman–Crippen LogP) is 0.245. The molecule has 0 amide bonds. The van der Waals surface area contributed by atoms with E-state index in [0.29, 0.717) is 6.04 Å². The molecule has 0 aliphatic carbocycles. The first-order valence-electron chi connectivity index (χ1n) is 7.40. The number of hydrogen-bond acceptors (Lipinski definition) is 6. The van der Waals surface area contributed by atoms with E-state index in [9.17, 15) is 43.2 Å². The van der Waals surface area contributed by atoms with Gasteiger partial charge in [-0.25, -0.2) is 16.8 Å². The second-order valence-electron chi connectivity index (χ2n) is 5.94. The van der Waals surface area contributed by atoms with Crippen LogP contribution in [0.1, 0.15) is 19.3 Å². The van der Waals surface area contributed by atoms with Crippen molar-refractivity contribution in [2.45, 2.75) is 36.3 Å². The van der Waals surface area contributed by atoms with Crippen molar-refractivity contribution in [3.8, 4) is 0 Å². The maximum absolute atomic E-state index is 11.5. The van der Waals surface area contributed by atoms with E-state index in [1.807, 2.05) is 0 Å². The Bertz CT molecular complexity index is 636. The van der Waals surface area contributed by atoms with E-state index in [-0.39, 0.29) is 13.2 Å². The quantitative estimate of drug-likeness (QED) is 0.390. The molecule has 0 aromatic rings. The number of rotatable bonds is 6. The third kappa shape index (κ3) is 7.34. The molecule has 0 radical (unpaired) electrons. The molecule has 1 fully saturated rings. The van der Waals surface area contributed by atoms with Crippen LogP contribution in [-0.4, -0.2) is 81.9 Å². The Labute approximate surface area is 152 Å². The average Bonchev–Trinajstić information content (AvgIpc) is 2.78. The third-order valence-electron chi connectivity index (χ3n) is 3.99. The number of quaternary nitrogens is 1. The number of aliphatic hydroxyl groups excluding tert-OH is 2. The third-order valence-corrected chi connectivity index (χ3v) is 6.96. The van der Waals surface area contributed by atoms with Crippen molar-refractivity contribution in [3.63, 3.8) is 0 Å². The smallest absolute Gasteiger partial charge is 0.396 e. The molecule has 27 heavy (non-hydrogen) atoms. The van der Waals surface area contributed by atoms with E-state index < -0.39 is 35.2 Å². The molecule has 1 saturated heterocycles. The zero-order valence-corrected chi connectivity index (χ0v) is 15.7. The van der Waals surface area contributed by atoms with Gasteiger partial charge in [0.1, 0.15) is 6.54 Å². The second kappa shape index (κ2) is 9.21. The number of halogens is 6. The Kier molecular flexibility index (Phi) is 8.98. The minimum absolute atomic E-state index is 0.262. The van der Waals surface area contributed by atoms with Gasteiger partial charge in [-0.3, -0.25) is 0 Å². The number of likely N-dealkylation sites (N-methyl/N-ethyl adjacent to an activating group) is 1. The lowest BCUT2D eigenvalue weighted by molar-refractivity contribution is -0.921. The van der Waals surface area contributed by atoms with Gasteiger partial charge in [-0.2, -0.15) is 26.3 Å². The van der Waals surface area contributed by atoms with Crippen molar-refractivity contribution in [3.05, 3.63) is 0 Å². The minimum Gasteiger partial charge on any atom is -0.396 e. The highest BCUT2D eigenvalue weighted by Crippen LogP contribution is 2.27. The van der Waals surface area contributed by atoms with Gasteiger partial charge in [0.15, 0.2) is 0 Å². The summed E-state index contributed by atoms with van der Waals surface area (Å²) in [6, 6.07) is 0.571. The number of nitrogens with one attached hydrogen (secondary N) is 1. The molecule has 0 aromatic heterocycles. The molecule has 0 bridgehead atoms. The largest absolute Gasteiger partial charge is 0.512 e. The Balaban J connectivity index is 0.000000511. The summed E-state index contributed by atoms with van der Waals surface area (Å²) in [7, 11) is -11.0. The summed E-state index contributed by atoms with van der Waals surface area (Å²) in [5, 5.41) is 17.8. The summed E-state index contributed by atoms with van der Waals surface area (Å²) >= 11 is 0. The number of nitrogens with zero attached hydrogens (tertiary/aromatic N) is 1. The van der Waals surface area contributed by atoms with Crippen LogP contribution >= 0.6 is 0 Å². The molecule has 1 heterocycles. The van der Waals surface area contributed by atoms with Crippen LogP contribution in [0.3, 0.4) is 0 Å². The molecule has 164 valence electrons. The van der Waals surface area contributed by atoms with Crippen molar-refractivity contribution < 1.29 is 57.9 Å². The Morgan fingerprint density at radius 3 is 1.74 bits per heavy atom.